The Labute approximate surface area is 112 Å². The van der Waals surface area contributed by atoms with Gasteiger partial charge >= 0.3 is 0 Å². The van der Waals surface area contributed by atoms with E-state index in [1.54, 1.807) is 7.11 Å². The number of carbonyl (C=O) groups excluding carboxylic acids is 1. The zero-order valence-electron chi connectivity index (χ0n) is 12.0. The second-order valence-electron chi connectivity index (χ2n) is 4.80. The van der Waals surface area contributed by atoms with E-state index in [1.165, 1.54) is 32.1 Å². The van der Waals surface area contributed by atoms with Crippen LogP contribution in [0.15, 0.2) is 0 Å². The maximum Gasteiger partial charge on any atom is 0.236 e. The van der Waals surface area contributed by atoms with Gasteiger partial charge in [-0.25, -0.2) is 0 Å². The van der Waals surface area contributed by atoms with Crippen LogP contribution in [0.3, 0.4) is 0 Å². The van der Waals surface area contributed by atoms with Crippen molar-refractivity contribution in [1.82, 2.24) is 5.32 Å². The Balaban J connectivity index is 3.35. The smallest absolute Gasteiger partial charge is 0.236 e. The third-order valence-corrected chi connectivity index (χ3v) is 3.03. The minimum atomic E-state index is -0.389. The second kappa shape index (κ2) is 12.8. The normalized spacial score (nSPS) is 12.4. The van der Waals surface area contributed by atoms with Gasteiger partial charge in [0.25, 0.3) is 0 Å². The highest BCUT2D eigenvalue weighted by atomic mass is 16.5. The van der Waals surface area contributed by atoms with Crippen molar-refractivity contribution in [1.29, 1.82) is 0 Å². The molecule has 0 aliphatic rings. The number of hydrogen-bond donors (Lipinski definition) is 2. The van der Waals surface area contributed by atoms with Gasteiger partial charge in [-0.1, -0.05) is 39.0 Å². The molecule has 4 nitrogen and oxygen atoms in total. The van der Waals surface area contributed by atoms with Crippen LogP contribution in [0.2, 0.25) is 0 Å². The Hall–Kier alpha value is -0.610. The Morgan fingerprint density at radius 2 is 1.83 bits per heavy atom. The maximum atomic E-state index is 11.6. The van der Waals surface area contributed by atoms with Crippen LogP contribution in [0.1, 0.15) is 58.3 Å². The van der Waals surface area contributed by atoms with Crippen molar-refractivity contribution in [2.75, 3.05) is 20.3 Å². The van der Waals surface area contributed by atoms with Crippen LogP contribution < -0.4 is 11.1 Å². The lowest BCUT2D eigenvalue weighted by molar-refractivity contribution is -0.122. The van der Waals surface area contributed by atoms with Crippen molar-refractivity contribution < 1.29 is 9.53 Å². The van der Waals surface area contributed by atoms with Gasteiger partial charge in [-0.05, 0) is 19.3 Å². The van der Waals surface area contributed by atoms with E-state index >= 15 is 0 Å². The van der Waals surface area contributed by atoms with Crippen molar-refractivity contribution >= 4 is 5.91 Å². The maximum absolute atomic E-state index is 11.6. The molecule has 1 amide bonds. The molecule has 108 valence electrons. The summed E-state index contributed by atoms with van der Waals surface area (Å²) in [5.41, 5.74) is 5.77. The van der Waals surface area contributed by atoms with Crippen LogP contribution in [0.4, 0.5) is 0 Å². The van der Waals surface area contributed by atoms with Crippen molar-refractivity contribution in [2.24, 2.45) is 5.73 Å². The zero-order valence-corrected chi connectivity index (χ0v) is 12.0. The van der Waals surface area contributed by atoms with Gasteiger partial charge in [0.05, 0.1) is 6.04 Å². The third kappa shape index (κ3) is 10.5. The number of unbranched alkanes of at least 4 members (excludes halogenated alkanes) is 5. The molecule has 0 aliphatic heterocycles. The largest absolute Gasteiger partial charge is 0.385 e. The van der Waals surface area contributed by atoms with Crippen molar-refractivity contribution in [3.63, 3.8) is 0 Å². The highest BCUT2D eigenvalue weighted by molar-refractivity contribution is 5.81. The van der Waals surface area contributed by atoms with Gasteiger partial charge in [0.15, 0.2) is 0 Å². The molecule has 1 unspecified atom stereocenters. The van der Waals surface area contributed by atoms with Crippen LogP contribution in [0.25, 0.3) is 0 Å². The average Bonchev–Trinajstić information content (AvgIpc) is 2.37. The first-order valence-corrected chi connectivity index (χ1v) is 7.24. The van der Waals surface area contributed by atoms with Gasteiger partial charge in [0.1, 0.15) is 0 Å². The fourth-order valence-electron chi connectivity index (χ4n) is 1.83. The monoisotopic (exact) mass is 258 g/mol. The first-order chi connectivity index (χ1) is 8.72. The Morgan fingerprint density at radius 3 is 2.50 bits per heavy atom. The molecule has 3 N–H and O–H groups in total. The molecule has 0 saturated heterocycles. The number of rotatable bonds is 12. The molecule has 0 spiro atoms. The Morgan fingerprint density at radius 1 is 1.17 bits per heavy atom. The summed E-state index contributed by atoms with van der Waals surface area (Å²) < 4.78 is 4.93. The molecule has 0 aromatic rings. The van der Waals surface area contributed by atoms with Crippen molar-refractivity contribution in [3.8, 4) is 0 Å². The van der Waals surface area contributed by atoms with Gasteiger partial charge in [-0.2, -0.15) is 0 Å². The van der Waals surface area contributed by atoms with Crippen LogP contribution in [-0.2, 0) is 9.53 Å². The number of nitrogens with one attached hydrogen (secondary N) is 1. The first kappa shape index (κ1) is 17.4. The second-order valence-corrected chi connectivity index (χ2v) is 4.80. The van der Waals surface area contributed by atoms with E-state index in [1.807, 2.05) is 0 Å². The molecular weight excluding hydrogens is 228 g/mol. The summed E-state index contributed by atoms with van der Waals surface area (Å²) in [4.78, 5) is 11.6. The van der Waals surface area contributed by atoms with E-state index in [9.17, 15) is 4.79 Å². The lowest BCUT2D eigenvalue weighted by atomic mass is 10.1. The topological polar surface area (TPSA) is 64.4 Å². The van der Waals surface area contributed by atoms with E-state index in [2.05, 4.69) is 12.2 Å². The number of carbonyl (C=O) groups is 1. The van der Waals surface area contributed by atoms with Gasteiger partial charge in [-0.15, -0.1) is 0 Å². The first-order valence-electron chi connectivity index (χ1n) is 7.24. The summed E-state index contributed by atoms with van der Waals surface area (Å²) in [5, 5.41) is 2.90. The summed E-state index contributed by atoms with van der Waals surface area (Å²) in [6, 6.07) is -0.389. The number of ether oxygens (including phenoxy) is 1. The molecule has 0 saturated carbocycles. The standard InChI is InChI=1S/C14H30N2O2/c1-3-4-5-6-7-8-11-16-14(17)13(15)10-9-12-18-2/h13H,3-12,15H2,1-2H3,(H,16,17). The highest BCUT2D eigenvalue weighted by Crippen LogP contribution is 2.04. The quantitative estimate of drug-likeness (QED) is 0.528. The summed E-state index contributed by atoms with van der Waals surface area (Å²) >= 11 is 0. The summed E-state index contributed by atoms with van der Waals surface area (Å²) in [7, 11) is 1.66. The molecule has 1 atom stereocenters. The Kier molecular flexibility index (Phi) is 12.4. The minimum absolute atomic E-state index is 0.0281. The molecule has 0 rings (SSSR count). The SMILES string of the molecule is CCCCCCCCNC(=O)C(N)CCCOC. The lowest BCUT2D eigenvalue weighted by Gasteiger charge is -2.11. The summed E-state index contributed by atoms with van der Waals surface area (Å²) in [6.07, 6.45) is 8.94. The number of amides is 1. The van der Waals surface area contributed by atoms with E-state index in [0.29, 0.717) is 13.0 Å². The van der Waals surface area contributed by atoms with Crippen molar-refractivity contribution in [3.05, 3.63) is 0 Å². The number of nitrogens with two attached hydrogens (primary N) is 1. The molecule has 0 aromatic heterocycles. The molecule has 18 heavy (non-hydrogen) atoms. The predicted octanol–water partition coefficient (Wildman–Crippen LogP) is 2.22. The fraction of sp³-hybridized carbons (Fsp3) is 0.929. The predicted molar refractivity (Wildman–Crippen MR) is 75.5 cm³/mol. The van der Waals surface area contributed by atoms with Crippen molar-refractivity contribution in [2.45, 2.75) is 64.3 Å². The third-order valence-electron chi connectivity index (χ3n) is 3.03. The fourth-order valence-corrected chi connectivity index (χ4v) is 1.83. The lowest BCUT2D eigenvalue weighted by Crippen LogP contribution is -2.41. The van der Waals surface area contributed by atoms with Crippen LogP contribution in [-0.4, -0.2) is 32.2 Å². The molecule has 0 aromatic carbocycles. The van der Waals surface area contributed by atoms with Crippen LogP contribution in [0, 0.1) is 0 Å². The van der Waals surface area contributed by atoms with Gasteiger partial charge < -0.3 is 15.8 Å². The molecule has 0 heterocycles. The zero-order chi connectivity index (χ0) is 13.6. The molecular formula is C14H30N2O2. The molecule has 0 aliphatic carbocycles. The summed E-state index contributed by atoms with van der Waals surface area (Å²) in [6.45, 7) is 3.63. The molecule has 0 radical (unpaired) electrons. The van der Waals surface area contributed by atoms with Gasteiger partial charge in [-0.3, -0.25) is 4.79 Å². The van der Waals surface area contributed by atoms with Crippen LogP contribution in [0.5, 0.6) is 0 Å². The molecule has 0 fully saturated rings. The number of methoxy groups -OCH3 is 1. The minimum Gasteiger partial charge on any atom is -0.385 e. The molecule has 0 bridgehead atoms. The molecule has 4 heteroatoms. The van der Waals surface area contributed by atoms with E-state index in [4.69, 9.17) is 10.5 Å². The van der Waals surface area contributed by atoms with E-state index in [0.717, 1.165) is 19.4 Å². The summed E-state index contributed by atoms with van der Waals surface area (Å²) in [5.74, 6) is -0.0281. The van der Waals surface area contributed by atoms with Gasteiger partial charge in [0.2, 0.25) is 5.91 Å². The highest BCUT2D eigenvalue weighted by Gasteiger charge is 2.11. The van der Waals surface area contributed by atoms with E-state index < -0.39 is 0 Å². The van der Waals surface area contributed by atoms with Gasteiger partial charge in [0, 0.05) is 20.3 Å². The van der Waals surface area contributed by atoms with E-state index in [-0.39, 0.29) is 11.9 Å². The number of hydrogen-bond acceptors (Lipinski definition) is 3. The average molecular weight is 258 g/mol. The van der Waals surface area contributed by atoms with Crippen LogP contribution >= 0.6 is 0 Å². The Bertz CT molecular complexity index is 198.